The molecule has 0 rings (SSSR count). The summed E-state index contributed by atoms with van der Waals surface area (Å²) >= 11 is 0. The van der Waals surface area contributed by atoms with Crippen LogP contribution in [0.2, 0.25) is 0 Å². The maximum absolute atomic E-state index is 12.9. The fourth-order valence-electron chi connectivity index (χ4n) is 4.62. The number of hydrogen-bond acceptors (Lipinski definition) is 5. The highest BCUT2D eigenvalue weighted by Crippen LogP contribution is 2.47. The quantitative estimate of drug-likeness (QED) is 0.308. The highest BCUT2D eigenvalue weighted by Gasteiger charge is 2.62. The van der Waals surface area contributed by atoms with Crippen LogP contribution in [0.15, 0.2) is 0 Å². The van der Waals surface area contributed by atoms with E-state index < -0.39 is 53.3 Å². The maximum atomic E-state index is 12.9. The molecule has 6 unspecified atom stereocenters. The Kier molecular flexibility index (Phi) is 12.9. The standard InChI is InChI=1S/C23H42O7/c1-7-11-14-17(10-4)30-21(27)19(24)23(22(28)29,16(6)13-9-3)18(20(25)26)15(5)12-8-2/h15-19,24H,7-14H2,1-6H3,(H,25,26)(H,28,29). The third-order valence-corrected chi connectivity index (χ3v) is 6.29. The fraction of sp³-hybridized carbons (Fsp3) is 0.870. The topological polar surface area (TPSA) is 121 Å². The van der Waals surface area contributed by atoms with Crippen LogP contribution in [0.1, 0.15) is 92.9 Å². The van der Waals surface area contributed by atoms with Crippen LogP contribution in [0.25, 0.3) is 0 Å². The molecule has 0 bridgehead atoms. The Balaban J connectivity index is 6.34. The van der Waals surface area contributed by atoms with Crippen LogP contribution < -0.4 is 0 Å². The van der Waals surface area contributed by atoms with E-state index >= 15 is 0 Å². The van der Waals surface area contributed by atoms with Gasteiger partial charge in [0, 0.05) is 0 Å². The lowest BCUT2D eigenvalue weighted by atomic mass is 9.58. The van der Waals surface area contributed by atoms with E-state index in [-0.39, 0.29) is 0 Å². The lowest BCUT2D eigenvalue weighted by Crippen LogP contribution is -2.59. The summed E-state index contributed by atoms with van der Waals surface area (Å²) in [6, 6.07) is 0. The average molecular weight is 431 g/mol. The molecule has 0 fully saturated rings. The van der Waals surface area contributed by atoms with Crippen LogP contribution in [0.5, 0.6) is 0 Å². The average Bonchev–Trinajstić information content (AvgIpc) is 2.67. The van der Waals surface area contributed by atoms with E-state index in [1.54, 1.807) is 13.8 Å². The predicted molar refractivity (Wildman–Crippen MR) is 115 cm³/mol. The predicted octanol–water partition coefficient (Wildman–Crippen LogP) is 4.50. The largest absolute Gasteiger partial charge is 0.481 e. The van der Waals surface area contributed by atoms with Gasteiger partial charge in [-0.3, -0.25) is 9.59 Å². The monoisotopic (exact) mass is 430 g/mol. The van der Waals surface area contributed by atoms with Crippen LogP contribution in [0, 0.1) is 23.2 Å². The molecule has 0 spiro atoms. The molecule has 0 aliphatic heterocycles. The normalized spacial score (nSPS) is 18.5. The zero-order valence-corrected chi connectivity index (χ0v) is 19.5. The Morgan fingerprint density at radius 2 is 1.47 bits per heavy atom. The second-order valence-electron chi connectivity index (χ2n) is 8.52. The molecule has 7 nitrogen and oxygen atoms in total. The van der Waals surface area contributed by atoms with Gasteiger partial charge in [-0.05, 0) is 31.1 Å². The number of hydrogen-bond donors (Lipinski definition) is 3. The minimum absolute atomic E-state index is 0.367. The van der Waals surface area contributed by atoms with Gasteiger partial charge >= 0.3 is 17.9 Å². The van der Waals surface area contributed by atoms with E-state index in [1.807, 2.05) is 27.7 Å². The number of carbonyl (C=O) groups is 3. The Hall–Kier alpha value is -1.63. The molecule has 0 heterocycles. The van der Waals surface area contributed by atoms with Gasteiger partial charge in [-0.1, -0.05) is 73.6 Å². The van der Waals surface area contributed by atoms with Gasteiger partial charge in [0.05, 0.1) is 5.92 Å². The van der Waals surface area contributed by atoms with Crippen LogP contribution in [-0.4, -0.2) is 45.4 Å². The molecule has 0 amide bonds. The molecule has 0 aliphatic rings. The fourth-order valence-corrected chi connectivity index (χ4v) is 4.62. The zero-order chi connectivity index (χ0) is 23.5. The number of carboxylic acids is 2. The Bertz CT molecular complexity index is 548. The SMILES string of the molecule is CCCCC(CC)OC(=O)C(O)C(C(=O)O)(C(C)CCC)C(C(=O)O)C(C)CCC. The van der Waals surface area contributed by atoms with E-state index in [0.717, 1.165) is 12.8 Å². The summed E-state index contributed by atoms with van der Waals surface area (Å²) in [5, 5.41) is 31.4. The number of esters is 1. The van der Waals surface area contributed by atoms with Crippen molar-refractivity contribution in [3.63, 3.8) is 0 Å². The lowest BCUT2D eigenvalue weighted by Gasteiger charge is -2.44. The summed E-state index contributed by atoms with van der Waals surface area (Å²) < 4.78 is 5.47. The molecule has 0 radical (unpaired) electrons. The second kappa shape index (κ2) is 13.6. The zero-order valence-electron chi connectivity index (χ0n) is 19.5. The van der Waals surface area contributed by atoms with Crippen molar-refractivity contribution in [3.8, 4) is 0 Å². The maximum Gasteiger partial charge on any atom is 0.336 e. The highest BCUT2D eigenvalue weighted by atomic mass is 16.6. The van der Waals surface area contributed by atoms with Crippen molar-refractivity contribution in [2.24, 2.45) is 23.2 Å². The van der Waals surface area contributed by atoms with Gasteiger partial charge in [-0.15, -0.1) is 0 Å². The molecule has 0 aliphatic carbocycles. The third-order valence-electron chi connectivity index (χ3n) is 6.29. The summed E-state index contributed by atoms with van der Waals surface area (Å²) in [5.41, 5.74) is -2.17. The molecule has 3 N–H and O–H groups in total. The molecule has 7 heteroatoms. The van der Waals surface area contributed by atoms with E-state index in [0.29, 0.717) is 38.5 Å². The van der Waals surface area contributed by atoms with Crippen LogP contribution in [-0.2, 0) is 19.1 Å². The van der Waals surface area contributed by atoms with E-state index in [9.17, 15) is 29.7 Å². The van der Waals surface area contributed by atoms with Gasteiger partial charge in [0.1, 0.15) is 11.5 Å². The highest BCUT2D eigenvalue weighted by molar-refractivity contribution is 5.91. The number of carboxylic acid groups (broad SMARTS) is 2. The minimum atomic E-state index is -2.17. The first kappa shape index (κ1) is 28.4. The first-order chi connectivity index (χ1) is 14.1. The summed E-state index contributed by atoms with van der Waals surface area (Å²) in [6.45, 7) is 10.9. The van der Waals surface area contributed by atoms with Gasteiger partial charge in [0.2, 0.25) is 0 Å². The van der Waals surface area contributed by atoms with E-state index in [4.69, 9.17) is 4.74 Å². The number of aliphatic hydroxyl groups excluding tert-OH is 1. The van der Waals surface area contributed by atoms with Crippen LogP contribution in [0.4, 0.5) is 0 Å². The van der Waals surface area contributed by atoms with E-state index in [1.165, 1.54) is 0 Å². The van der Waals surface area contributed by atoms with Gasteiger partial charge in [0.15, 0.2) is 6.10 Å². The first-order valence-electron chi connectivity index (χ1n) is 11.4. The van der Waals surface area contributed by atoms with Gasteiger partial charge in [-0.2, -0.15) is 0 Å². The summed E-state index contributed by atoms with van der Waals surface area (Å²) in [7, 11) is 0. The van der Waals surface area contributed by atoms with Gasteiger partial charge in [-0.25, -0.2) is 4.79 Å². The first-order valence-corrected chi connectivity index (χ1v) is 11.4. The van der Waals surface area contributed by atoms with E-state index in [2.05, 4.69) is 0 Å². The number of ether oxygens (including phenoxy) is 1. The summed E-state index contributed by atoms with van der Waals surface area (Å²) in [4.78, 5) is 37.8. The van der Waals surface area contributed by atoms with Crippen molar-refractivity contribution < 1.29 is 34.4 Å². The summed E-state index contributed by atoms with van der Waals surface area (Å²) in [6.07, 6.45) is 2.51. The molecule has 0 aromatic rings. The van der Waals surface area contributed by atoms with Crippen molar-refractivity contribution in [1.29, 1.82) is 0 Å². The molecule has 0 aromatic carbocycles. The van der Waals surface area contributed by atoms with Crippen molar-refractivity contribution in [1.82, 2.24) is 0 Å². The van der Waals surface area contributed by atoms with Gasteiger partial charge < -0.3 is 20.1 Å². The van der Waals surface area contributed by atoms with Crippen LogP contribution in [0.3, 0.4) is 0 Å². The summed E-state index contributed by atoms with van der Waals surface area (Å²) in [5.74, 6) is -6.52. The van der Waals surface area contributed by atoms with Crippen molar-refractivity contribution in [2.75, 3.05) is 0 Å². The van der Waals surface area contributed by atoms with Crippen molar-refractivity contribution in [3.05, 3.63) is 0 Å². The molecule has 0 saturated carbocycles. The van der Waals surface area contributed by atoms with Crippen molar-refractivity contribution >= 4 is 17.9 Å². The smallest absolute Gasteiger partial charge is 0.336 e. The third kappa shape index (κ3) is 6.69. The van der Waals surface area contributed by atoms with Gasteiger partial charge in [0.25, 0.3) is 0 Å². The number of carbonyl (C=O) groups excluding carboxylic acids is 1. The number of aliphatic hydroxyl groups is 1. The Morgan fingerprint density at radius 1 is 0.900 bits per heavy atom. The molecule has 0 saturated heterocycles. The number of rotatable bonds is 16. The Morgan fingerprint density at radius 3 is 1.87 bits per heavy atom. The lowest BCUT2D eigenvalue weighted by molar-refractivity contribution is -0.196. The second-order valence-corrected chi connectivity index (χ2v) is 8.52. The molecule has 0 aromatic heterocycles. The molecule has 6 atom stereocenters. The van der Waals surface area contributed by atoms with Crippen LogP contribution >= 0.6 is 0 Å². The molecule has 30 heavy (non-hydrogen) atoms. The number of unbranched alkanes of at least 4 members (excludes halogenated alkanes) is 1. The number of aliphatic carboxylic acids is 2. The molecule has 176 valence electrons. The molecular weight excluding hydrogens is 388 g/mol. The molecular formula is C23H42O7. The Labute approximate surface area is 181 Å². The van der Waals surface area contributed by atoms with Crippen molar-refractivity contribution in [2.45, 2.75) is 105 Å². The minimum Gasteiger partial charge on any atom is -0.481 e.